The van der Waals surface area contributed by atoms with Crippen LogP contribution >= 0.6 is 0 Å². The zero-order chi connectivity index (χ0) is 14.4. The minimum atomic E-state index is 0.829. The second-order valence-corrected chi connectivity index (χ2v) is 5.22. The van der Waals surface area contributed by atoms with E-state index in [9.17, 15) is 0 Å². The van der Waals surface area contributed by atoms with E-state index >= 15 is 0 Å². The van der Waals surface area contributed by atoms with Crippen LogP contribution in [0, 0.1) is 0 Å². The number of likely N-dealkylation sites (N-methyl/N-ethyl adjacent to an activating group) is 1. The van der Waals surface area contributed by atoms with Gasteiger partial charge in [-0.25, -0.2) is 9.97 Å². The molecule has 0 bridgehead atoms. The van der Waals surface area contributed by atoms with Crippen molar-refractivity contribution < 1.29 is 0 Å². The third-order valence-electron chi connectivity index (χ3n) is 3.80. The van der Waals surface area contributed by atoms with Gasteiger partial charge in [-0.15, -0.1) is 0 Å². The van der Waals surface area contributed by atoms with Gasteiger partial charge in [-0.05, 0) is 32.7 Å². The minimum Gasteiger partial charge on any atom is -0.370 e. The summed E-state index contributed by atoms with van der Waals surface area (Å²) in [5.74, 6) is 1.94. The van der Waals surface area contributed by atoms with Gasteiger partial charge < -0.3 is 10.6 Å². The van der Waals surface area contributed by atoms with Crippen molar-refractivity contribution in [2.24, 2.45) is 0 Å². The van der Waals surface area contributed by atoms with E-state index in [0.29, 0.717) is 0 Å². The van der Waals surface area contributed by atoms with E-state index in [1.54, 1.807) is 6.33 Å². The maximum atomic E-state index is 4.39. The average molecular weight is 277 g/mol. The van der Waals surface area contributed by atoms with Crippen molar-refractivity contribution in [2.75, 3.05) is 36.8 Å². The highest BCUT2D eigenvalue weighted by atomic mass is 15.2. The van der Waals surface area contributed by atoms with Gasteiger partial charge in [-0.1, -0.05) is 13.8 Å². The quantitative estimate of drug-likeness (QED) is 0.726. The van der Waals surface area contributed by atoms with Gasteiger partial charge in [0.1, 0.15) is 18.0 Å². The Labute approximate surface area is 122 Å². The molecule has 5 heteroatoms. The molecule has 1 heterocycles. The first kappa shape index (κ1) is 15.0. The summed E-state index contributed by atoms with van der Waals surface area (Å²) in [6, 6.07) is 0.829. The summed E-state index contributed by atoms with van der Waals surface area (Å²) >= 11 is 0. The molecule has 0 aromatic carbocycles. The van der Waals surface area contributed by atoms with E-state index in [4.69, 9.17) is 0 Å². The number of nitrogens with zero attached hydrogens (tertiary/aromatic N) is 3. The number of nitrogens with one attached hydrogen (secondary N) is 2. The first-order chi connectivity index (χ1) is 9.80. The maximum absolute atomic E-state index is 4.39. The van der Waals surface area contributed by atoms with Crippen molar-refractivity contribution >= 4 is 11.6 Å². The Morgan fingerprint density at radius 2 is 1.85 bits per heavy atom. The third kappa shape index (κ3) is 3.82. The lowest BCUT2D eigenvalue weighted by molar-refractivity contribution is 0.289. The molecule has 1 fully saturated rings. The van der Waals surface area contributed by atoms with Crippen LogP contribution in [-0.2, 0) is 6.42 Å². The molecular weight excluding hydrogens is 250 g/mol. The van der Waals surface area contributed by atoms with Crippen LogP contribution in [0.25, 0.3) is 0 Å². The van der Waals surface area contributed by atoms with E-state index in [2.05, 4.69) is 46.3 Å². The number of anilines is 2. The average Bonchev–Trinajstić information content (AvgIpc) is 3.29. The van der Waals surface area contributed by atoms with Crippen molar-refractivity contribution in [3.8, 4) is 0 Å². The van der Waals surface area contributed by atoms with Crippen LogP contribution in [0.15, 0.2) is 6.33 Å². The van der Waals surface area contributed by atoms with Crippen LogP contribution in [0.4, 0.5) is 11.6 Å². The molecule has 5 nitrogen and oxygen atoms in total. The van der Waals surface area contributed by atoms with Crippen molar-refractivity contribution in [2.45, 2.75) is 46.1 Å². The number of hydrogen-bond donors (Lipinski definition) is 2. The van der Waals surface area contributed by atoms with Crippen LogP contribution in [0.1, 0.15) is 39.2 Å². The van der Waals surface area contributed by atoms with Crippen LogP contribution in [0.3, 0.4) is 0 Å². The summed E-state index contributed by atoms with van der Waals surface area (Å²) in [6.07, 6.45) is 5.31. The molecule has 0 saturated heterocycles. The molecular formula is C15H27N5. The molecule has 112 valence electrons. The lowest BCUT2D eigenvalue weighted by atomic mass is 10.2. The van der Waals surface area contributed by atoms with Crippen molar-refractivity contribution in [3.05, 3.63) is 11.9 Å². The molecule has 0 unspecified atom stereocenters. The van der Waals surface area contributed by atoms with Crippen LogP contribution in [-0.4, -0.2) is 47.1 Å². The molecule has 1 aromatic rings. The highest BCUT2D eigenvalue weighted by molar-refractivity contribution is 5.57. The second kappa shape index (κ2) is 7.43. The molecule has 0 radical (unpaired) electrons. The molecule has 1 saturated carbocycles. The Bertz CT molecular complexity index is 417. The van der Waals surface area contributed by atoms with Gasteiger partial charge in [-0.2, -0.15) is 0 Å². The SMILES string of the molecule is CCNc1ncnc(NCCN(CC)C2CC2)c1CC. The molecule has 0 amide bonds. The number of rotatable bonds is 9. The molecule has 20 heavy (non-hydrogen) atoms. The fourth-order valence-electron chi connectivity index (χ4n) is 2.58. The zero-order valence-corrected chi connectivity index (χ0v) is 12.9. The predicted octanol–water partition coefficient (Wildman–Crippen LogP) is 2.37. The van der Waals surface area contributed by atoms with Gasteiger partial charge in [0.15, 0.2) is 0 Å². The Hall–Kier alpha value is -1.36. The third-order valence-corrected chi connectivity index (χ3v) is 3.80. The molecule has 1 aliphatic rings. The molecule has 0 atom stereocenters. The topological polar surface area (TPSA) is 53.1 Å². The Kier molecular flexibility index (Phi) is 5.59. The molecule has 1 aromatic heterocycles. The van der Waals surface area contributed by atoms with E-state index < -0.39 is 0 Å². The fraction of sp³-hybridized carbons (Fsp3) is 0.733. The van der Waals surface area contributed by atoms with E-state index in [1.165, 1.54) is 18.4 Å². The van der Waals surface area contributed by atoms with Crippen molar-refractivity contribution in [3.63, 3.8) is 0 Å². The fourth-order valence-corrected chi connectivity index (χ4v) is 2.58. The highest BCUT2D eigenvalue weighted by Gasteiger charge is 2.27. The van der Waals surface area contributed by atoms with E-state index in [1.807, 2.05) is 0 Å². The van der Waals surface area contributed by atoms with Gasteiger partial charge in [0, 0.05) is 31.2 Å². The highest BCUT2D eigenvalue weighted by Crippen LogP contribution is 2.26. The monoisotopic (exact) mass is 277 g/mol. The maximum Gasteiger partial charge on any atom is 0.134 e. The molecule has 0 aliphatic heterocycles. The summed E-state index contributed by atoms with van der Waals surface area (Å²) in [5.41, 5.74) is 1.18. The second-order valence-electron chi connectivity index (χ2n) is 5.22. The van der Waals surface area contributed by atoms with Crippen molar-refractivity contribution in [1.29, 1.82) is 0 Å². The van der Waals surface area contributed by atoms with Gasteiger partial charge in [0.2, 0.25) is 0 Å². The Morgan fingerprint density at radius 3 is 2.40 bits per heavy atom. The predicted molar refractivity (Wildman–Crippen MR) is 84.3 cm³/mol. The molecule has 1 aliphatic carbocycles. The van der Waals surface area contributed by atoms with E-state index in [-0.39, 0.29) is 0 Å². The van der Waals surface area contributed by atoms with E-state index in [0.717, 1.165) is 50.3 Å². The molecule has 2 N–H and O–H groups in total. The minimum absolute atomic E-state index is 0.829. The smallest absolute Gasteiger partial charge is 0.134 e. The normalized spacial score (nSPS) is 14.6. The summed E-state index contributed by atoms with van der Waals surface area (Å²) in [6.45, 7) is 10.5. The zero-order valence-electron chi connectivity index (χ0n) is 12.9. The lowest BCUT2D eigenvalue weighted by Crippen LogP contribution is -2.31. The standard InChI is InChI=1S/C15H27N5/c1-4-13-14(16-5-2)18-11-19-15(13)17-9-10-20(6-3)12-7-8-12/h11-12H,4-10H2,1-3H3,(H2,16,17,18,19). The van der Waals surface area contributed by atoms with Crippen LogP contribution < -0.4 is 10.6 Å². The first-order valence-corrected chi connectivity index (χ1v) is 7.85. The van der Waals surface area contributed by atoms with Gasteiger partial charge in [0.25, 0.3) is 0 Å². The molecule has 2 rings (SSSR count). The lowest BCUT2D eigenvalue weighted by Gasteiger charge is -2.20. The van der Waals surface area contributed by atoms with Gasteiger partial charge in [0.05, 0.1) is 0 Å². The molecule has 0 spiro atoms. The Morgan fingerprint density at radius 1 is 1.15 bits per heavy atom. The van der Waals surface area contributed by atoms with Crippen molar-refractivity contribution in [1.82, 2.24) is 14.9 Å². The summed E-state index contributed by atoms with van der Waals surface area (Å²) in [5, 5.41) is 6.78. The number of aromatic nitrogens is 2. The first-order valence-electron chi connectivity index (χ1n) is 7.85. The largest absolute Gasteiger partial charge is 0.370 e. The van der Waals surface area contributed by atoms with Crippen LogP contribution in [0.2, 0.25) is 0 Å². The summed E-state index contributed by atoms with van der Waals surface area (Å²) in [4.78, 5) is 11.3. The van der Waals surface area contributed by atoms with Crippen LogP contribution in [0.5, 0.6) is 0 Å². The van der Waals surface area contributed by atoms with Gasteiger partial charge in [-0.3, -0.25) is 4.90 Å². The Balaban J connectivity index is 1.92. The van der Waals surface area contributed by atoms with Gasteiger partial charge >= 0.3 is 0 Å². The summed E-state index contributed by atoms with van der Waals surface area (Å²) in [7, 11) is 0. The summed E-state index contributed by atoms with van der Waals surface area (Å²) < 4.78 is 0. The number of hydrogen-bond acceptors (Lipinski definition) is 5.